The summed E-state index contributed by atoms with van der Waals surface area (Å²) in [6, 6.07) is 10.9. The maximum atomic E-state index is 11.7. The molecular weight excluding hydrogens is 282 g/mol. The summed E-state index contributed by atoms with van der Waals surface area (Å²) >= 11 is 0. The number of aryl methyl sites for hydroxylation is 1. The molecule has 0 radical (unpaired) electrons. The van der Waals surface area contributed by atoms with Gasteiger partial charge in [-0.25, -0.2) is 4.79 Å². The Kier molecular flexibility index (Phi) is 5.54. The highest BCUT2D eigenvalue weighted by molar-refractivity contribution is 5.94. The lowest BCUT2D eigenvalue weighted by Crippen LogP contribution is -2.20. The van der Waals surface area contributed by atoms with Gasteiger partial charge in [0.25, 0.3) is 5.91 Å². The number of amides is 1. The van der Waals surface area contributed by atoms with Crippen LogP contribution in [0.4, 0.5) is 5.69 Å². The van der Waals surface area contributed by atoms with Gasteiger partial charge in [0.05, 0.1) is 6.26 Å². The first-order valence-electron chi connectivity index (χ1n) is 6.94. The Morgan fingerprint density at radius 2 is 2.14 bits per heavy atom. The van der Waals surface area contributed by atoms with Crippen LogP contribution < -0.4 is 5.32 Å². The Bertz CT molecular complexity index is 659. The van der Waals surface area contributed by atoms with Gasteiger partial charge in [0.2, 0.25) is 0 Å². The third-order valence-electron chi connectivity index (χ3n) is 2.89. The zero-order valence-electron chi connectivity index (χ0n) is 12.2. The topological polar surface area (TPSA) is 68.5 Å². The minimum Gasteiger partial charge on any atom is -0.465 e. The molecule has 0 saturated heterocycles. The summed E-state index contributed by atoms with van der Waals surface area (Å²) in [5, 5.41) is 2.68. The van der Waals surface area contributed by atoms with E-state index in [9.17, 15) is 9.59 Å². The quantitative estimate of drug-likeness (QED) is 0.657. The summed E-state index contributed by atoms with van der Waals surface area (Å²) < 4.78 is 9.89. The smallest absolute Gasteiger partial charge is 0.331 e. The van der Waals surface area contributed by atoms with Crippen LogP contribution in [0.25, 0.3) is 6.08 Å². The summed E-state index contributed by atoms with van der Waals surface area (Å²) in [6.45, 7) is 1.70. The predicted molar refractivity (Wildman–Crippen MR) is 83.2 cm³/mol. The molecule has 0 fully saturated rings. The molecule has 0 spiro atoms. The zero-order chi connectivity index (χ0) is 15.8. The lowest BCUT2D eigenvalue weighted by atomic mass is 10.1. The molecule has 2 rings (SSSR count). The number of furan rings is 1. The van der Waals surface area contributed by atoms with Crippen LogP contribution in [0.2, 0.25) is 0 Å². The molecule has 0 saturated carbocycles. The highest BCUT2D eigenvalue weighted by atomic mass is 16.5. The second kappa shape index (κ2) is 7.83. The number of hydrogen-bond acceptors (Lipinski definition) is 4. The van der Waals surface area contributed by atoms with Gasteiger partial charge >= 0.3 is 5.97 Å². The first kappa shape index (κ1) is 15.6. The van der Waals surface area contributed by atoms with E-state index in [1.807, 2.05) is 25.1 Å². The Balaban J connectivity index is 1.78. The van der Waals surface area contributed by atoms with Crippen molar-refractivity contribution < 1.29 is 18.7 Å². The highest BCUT2D eigenvalue weighted by Gasteiger charge is 2.06. The van der Waals surface area contributed by atoms with Crippen LogP contribution in [-0.4, -0.2) is 18.5 Å². The molecule has 0 aliphatic carbocycles. The third-order valence-corrected chi connectivity index (χ3v) is 2.89. The maximum Gasteiger partial charge on any atom is 0.331 e. The fourth-order valence-electron chi connectivity index (χ4n) is 1.79. The van der Waals surface area contributed by atoms with E-state index in [4.69, 9.17) is 9.15 Å². The van der Waals surface area contributed by atoms with E-state index < -0.39 is 5.97 Å². The van der Waals surface area contributed by atoms with Crippen molar-refractivity contribution in [3.05, 3.63) is 60.1 Å². The van der Waals surface area contributed by atoms with Gasteiger partial charge in [-0.15, -0.1) is 0 Å². The van der Waals surface area contributed by atoms with Crippen molar-refractivity contribution in [2.45, 2.75) is 13.3 Å². The van der Waals surface area contributed by atoms with Crippen LogP contribution in [0.3, 0.4) is 0 Å². The number of esters is 1. The molecule has 0 unspecified atom stereocenters. The van der Waals surface area contributed by atoms with E-state index in [2.05, 4.69) is 5.32 Å². The van der Waals surface area contributed by atoms with Gasteiger partial charge in [-0.05, 0) is 42.3 Å². The minimum absolute atomic E-state index is 0.336. The van der Waals surface area contributed by atoms with Crippen LogP contribution >= 0.6 is 0 Å². The number of nitrogens with one attached hydrogen (secondary N) is 1. The zero-order valence-corrected chi connectivity index (χ0v) is 12.2. The standard InChI is InChI=1S/C17H17NO4/c1-2-13-5-3-6-14(11-13)18-16(19)12-22-17(20)9-8-15-7-4-10-21-15/h3-11H,2,12H2,1H3,(H,18,19)/b9-8+. The lowest BCUT2D eigenvalue weighted by molar-refractivity contribution is -0.142. The molecule has 0 atom stereocenters. The molecule has 5 nitrogen and oxygen atoms in total. The first-order chi connectivity index (χ1) is 10.7. The molecule has 22 heavy (non-hydrogen) atoms. The number of hydrogen-bond donors (Lipinski definition) is 1. The average Bonchev–Trinajstić information content (AvgIpc) is 3.04. The van der Waals surface area contributed by atoms with Crippen molar-refractivity contribution in [2.24, 2.45) is 0 Å². The summed E-state index contributed by atoms with van der Waals surface area (Å²) in [6.07, 6.45) is 5.08. The van der Waals surface area contributed by atoms with Crippen LogP contribution in [-0.2, 0) is 20.7 Å². The number of ether oxygens (including phenoxy) is 1. The summed E-state index contributed by atoms with van der Waals surface area (Å²) in [5.74, 6) is -0.445. The lowest BCUT2D eigenvalue weighted by Gasteiger charge is -2.06. The average molecular weight is 299 g/mol. The van der Waals surface area contributed by atoms with Crippen molar-refractivity contribution in [2.75, 3.05) is 11.9 Å². The van der Waals surface area contributed by atoms with Crippen LogP contribution in [0.15, 0.2) is 53.2 Å². The van der Waals surface area contributed by atoms with E-state index >= 15 is 0 Å². The number of benzene rings is 1. The Hall–Kier alpha value is -2.82. The largest absolute Gasteiger partial charge is 0.465 e. The SMILES string of the molecule is CCc1cccc(NC(=O)COC(=O)/C=C/c2ccco2)c1. The van der Waals surface area contributed by atoms with E-state index in [1.54, 1.807) is 18.2 Å². The van der Waals surface area contributed by atoms with E-state index in [-0.39, 0.29) is 12.5 Å². The predicted octanol–water partition coefficient (Wildman–Crippen LogP) is 3.04. The Morgan fingerprint density at radius 1 is 1.27 bits per heavy atom. The molecule has 1 aromatic heterocycles. The second-order valence-corrected chi connectivity index (χ2v) is 4.56. The Labute approximate surface area is 128 Å². The third kappa shape index (κ3) is 4.94. The number of rotatable bonds is 6. The van der Waals surface area contributed by atoms with Crippen molar-refractivity contribution in [3.63, 3.8) is 0 Å². The van der Waals surface area contributed by atoms with Gasteiger partial charge in [0, 0.05) is 11.8 Å². The molecular formula is C17H17NO4. The summed E-state index contributed by atoms with van der Waals surface area (Å²) in [7, 11) is 0. The van der Waals surface area contributed by atoms with E-state index in [0.29, 0.717) is 11.4 Å². The first-order valence-corrected chi connectivity index (χ1v) is 6.94. The second-order valence-electron chi connectivity index (χ2n) is 4.56. The maximum absolute atomic E-state index is 11.7. The van der Waals surface area contributed by atoms with Crippen molar-refractivity contribution in [1.82, 2.24) is 0 Å². The molecule has 0 bridgehead atoms. The van der Waals surface area contributed by atoms with Gasteiger partial charge in [-0.1, -0.05) is 19.1 Å². The fourth-order valence-corrected chi connectivity index (χ4v) is 1.79. The molecule has 1 N–H and O–H groups in total. The fraction of sp³-hybridized carbons (Fsp3) is 0.176. The highest BCUT2D eigenvalue weighted by Crippen LogP contribution is 2.11. The minimum atomic E-state index is -0.603. The number of carbonyl (C=O) groups is 2. The van der Waals surface area contributed by atoms with Crippen LogP contribution in [0, 0.1) is 0 Å². The molecule has 114 valence electrons. The molecule has 5 heteroatoms. The van der Waals surface area contributed by atoms with Crippen molar-refractivity contribution >= 4 is 23.6 Å². The van der Waals surface area contributed by atoms with Gasteiger partial charge in [-0.3, -0.25) is 4.79 Å². The normalized spacial score (nSPS) is 10.6. The van der Waals surface area contributed by atoms with Gasteiger partial charge in [0.15, 0.2) is 6.61 Å². The molecule has 1 aromatic carbocycles. The van der Waals surface area contributed by atoms with Gasteiger partial charge in [0.1, 0.15) is 5.76 Å². The van der Waals surface area contributed by atoms with Gasteiger partial charge in [-0.2, -0.15) is 0 Å². The van der Waals surface area contributed by atoms with Crippen LogP contribution in [0.1, 0.15) is 18.2 Å². The van der Waals surface area contributed by atoms with E-state index in [1.165, 1.54) is 18.4 Å². The molecule has 1 heterocycles. The molecule has 2 aromatic rings. The van der Waals surface area contributed by atoms with Crippen molar-refractivity contribution in [3.8, 4) is 0 Å². The van der Waals surface area contributed by atoms with Crippen LogP contribution in [0.5, 0.6) is 0 Å². The summed E-state index contributed by atoms with van der Waals surface area (Å²) in [5.41, 5.74) is 1.81. The summed E-state index contributed by atoms with van der Waals surface area (Å²) in [4.78, 5) is 23.2. The Morgan fingerprint density at radius 3 is 2.86 bits per heavy atom. The molecule has 0 aliphatic heterocycles. The van der Waals surface area contributed by atoms with Gasteiger partial charge < -0.3 is 14.5 Å². The molecule has 1 amide bonds. The van der Waals surface area contributed by atoms with Crippen molar-refractivity contribution in [1.29, 1.82) is 0 Å². The number of anilines is 1. The number of carbonyl (C=O) groups excluding carboxylic acids is 2. The molecule has 0 aliphatic rings. The van der Waals surface area contributed by atoms with E-state index in [0.717, 1.165) is 12.0 Å². The monoisotopic (exact) mass is 299 g/mol.